The molecule has 1 atom stereocenters. The van der Waals surface area contributed by atoms with Gasteiger partial charge in [0.25, 0.3) is 0 Å². The third-order valence-corrected chi connectivity index (χ3v) is 4.79. The molecule has 0 aliphatic heterocycles. The number of nitrogens with two attached hydrogens (primary N) is 1. The highest BCUT2D eigenvalue weighted by molar-refractivity contribution is 7.84. The predicted molar refractivity (Wildman–Crippen MR) is 70.3 cm³/mol. The van der Waals surface area contributed by atoms with Crippen LogP contribution in [0, 0.1) is 0 Å². The molecular weight excluding hydrogens is 262 g/mol. The van der Waals surface area contributed by atoms with E-state index in [0.717, 1.165) is 14.1 Å². The highest BCUT2D eigenvalue weighted by Crippen LogP contribution is 2.24. The molecule has 84 valence electrons. The molecule has 0 fully saturated rings. The molecule has 1 heterocycles. The van der Waals surface area contributed by atoms with Crippen molar-refractivity contribution in [1.82, 2.24) is 0 Å². The molecule has 16 heavy (non-hydrogen) atoms. The lowest BCUT2D eigenvalue weighted by atomic mass is 10.3. The SMILES string of the molecule is Nc1cccc(S(=O)Cc2ccc(Cl)s2)c1. The number of thiophene rings is 1. The molecule has 1 unspecified atom stereocenters. The van der Waals surface area contributed by atoms with Crippen molar-refractivity contribution < 1.29 is 4.21 Å². The lowest BCUT2D eigenvalue weighted by molar-refractivity contribution is 0.683. The zero-order chi connectivity index (χ0) is 11.5. The number of halogens is 1. The van der Waals surface area contributed by atoms with Crippen LogP contribution in [0.2, 0.25) is 4.34 Å². The summed E-state index contributed by atoms with van der Waals surface area (Å²) < 4.78 is 12.7. The van der Waals surface area contributed by atoms with Gasteiger partial charge in [0.2, 0.25) is 0 Å². The van der Waals surface area contributed by atoms with Crippen molar-refractivity contribution in [2.45, 2.75) is 10.6 Å². The van der Waals surface area contributed by atoms with Crippen LogP contribution in [-0.2, 0) is 16.6 Å². The summed E-state index contributed by atoms with van der Waals surface area (Å²) in [6, 6.07) is 10.9. The van der Waals surface area contributed by atoms with E-state index in [9.17, 15) is 4.21 Å². The van der Waals surface area contributed by atoms with Crippen molar-refractivity contribution in [2.24, 2.45) is 0 Å². The molecule has 2 aromatic rings. The first-order chi connectivity index (χ1) is 7.65. The predicted octanol–water partition coefficient (Wildman–Crippen LogP) is 3.29. The lowest BCUT2D eigenvalue weighted by Gasteiger charge is -2.01. The van der Waals surface area contributed by atoms with Gasteiger partial charge < -0.3 is 5.73 Å². The molecule has 1 aromatic heterocycles. The number of benzene rings is 1. The van der Waals surface area contributed by atoms with E-state index in [0.29, 0.717) is 11.4 Å². The molecule has 2 N–H and O–H groups in total. The fourth-order valence-electron chi connectivity index (χ4n) is 1.30. The van der Waals surface area contributed by atoms with Crippen LogP contribution in [0.1, 0.15) is 4.88 Å². The molecule has 0 spiro atoms. The minimum Gasteiger partial charge on any atom is -0.399 e. The second kappa shape index (κ2) is 4.99. The first-order valence-electron chi connectivity index (χ1n) is 4.63. The van der Waals surface area contributed by atoms with Crippen LogP contribution >= 0.6 is 22.9 Å². The van der Waals surface area contributed by atoms with Gasteiger partial charge in [-0.05, 0) is 30.3 Å². The average Bonchev–Trinajstić information content (AvgIpc) is 2.64. The van der Waals surface area contributed by atoms with Gasteiger partial charge in [-0.15, -0.1) is 11.3 Å². The van der Waals surface area contributed by atoms with Crippen LogP contribution in [0.4, 0.5) is 5.69 Å². The van der Waals surface area contributed by atoms with Gasteiger partial charge in [0.15, 0.2) is 0 Å². The number of rotatable bonds is 3. The van der Waals surface area contributed by atoms with Crippen LogP contribution in [0.25, 0.3) is 0 Å². The third kappa shape index (κ3) is 2.84. The van der Waals surface area contributed by atoms with Crippen molar-refractivity contribution in [3.63, 3.8) is 0 Å². The van der Waals surface area contributed by atoms with E-state index in [2.05, 4.69) is 0 Å². The fraction of sp³-hybridized carbons (Fsp3) is 0.0909. The van der Waals surface area contributed by atoms with Crippen LogP contribution in [0.5, 0.6) is 0 Å². The summed E-state index contributed by atoms with van der Waals surface area (Å²) in [6.45, 7) is 0. The monoisotopic (exact) mass is 271 g/mol. The minimum atomic E-state index is -1.06. The molecule has 0 aliphatic carbocycles. The molecule has 2 nitrogen and oxygen atoms in total. The quantitative estimate of drug-likeness (QED) is 0.871. The molecule has 1 aromatic carbocycles. The number of anilines is 1. The largest absolute Gasteiger partial charge is 0.399 e. The van der Waals surface area contributed by atoms with Crippen LogP contribution in [-0.4, -0.2) is 4.21 Å². The van der Waals surface area contributed by atoms with Crippen LogP contribution in [0.15, 0.2) is 41.3 Å². The highest BCUT2D eigenvalue weighted by Gasteiger charge is 2.07. The Morgan fingerprint density at radius 3 is 2.75 bits per heavy atom. The highest BCUT2D eigenvalue weighted by atomic mass is 35.5. The Morgan fingerprint density at radius 1 is 1.31 bits per heavy atom. The normalized spacial score (nSPS) is 12.6. The van der Waals surface area contributed by atoms with Crippen LogP contribution < -0.4 is 5.73 Å². The van der Waals surface area contributed by atoms with E-state index in [1.165, 1.54) is 11.3 Å². The van der Waals surface area contributed by atoms with Gasteiger partial charge in [-0.3, -0.25) is 4.21 Å². The van der Waals surface area contributed by atoms with Crippen molar-refractivity contribution in [1.29, 1.82) is 0 Å². The second-order valence-corrected chi connectivity index (χ2v) is 6.52. The molecule has 0 bridgehead atoms. The number of hydrogen-bond donors (Lipinski definition) is 1. The molecule has 2 rings (SSSR count). The topological polar surface area (TPSA) is 43.1 Å². The van der Waals surface area contributed by atoms with E-state index >= 15 is 0 Å². The maximum atomic E-state index is 12.0. The lowest BCUT2D eigenvalue weighted by Crippen LogP contribution is -1.95. The van der Waals surface area contributed by atoms with E-state index < -0.39 is 10.8 Å². The Kier molecular flexibility index (Phi) is 3.63. The number of hydrogen-bond acceptors (Lipinski definition) is 3. The molecule has 0 amide bonds. The molecule has 0 aliphatic rings. The molecular formula is C11H10ClNOS2. The molecule has 0 radical (unpaired) electrons. The number of nitrogen functional groups attached to an aromatic ring is 1. The van der Waals surface area contributed by atoms with Gasteiger partial charge in [-0.25, -0.2) is 0 Å². The van der Waals surface area contributed by atoms with Crippen LogP contribution in [0.3, 0.4) is 0 Å². The maximum absolute atomic E-state index is 12.0. The van der Waals surface area contributed by atoms with Gasteiger partial charge in [0.05, 0.1) is 20.9 Å². The van der Waals surface area contributed by atoms with E-state index in [-0.39, 0.29) is 0 Å². The van der Waals surface area contributed by atoms with E-state index in [1.54, 1.807) is 12.1 Å². The Morgan fingerprint density at radius 2 is 2.12 bits per heavy atom. The Balaban J connectivity index is 2.14. The first kappa shape index (κ1) is 11.6. The Labute approximate surface area is 106 Å². The van der Waals surface area contributed by atoms with E-state index in [1.807, 2.05) is 24.3 Å². The zero-order valence-corrected chi connectivity index (χ0v) is 10.7. The molecule has 5 heteroatoms. The first-order valence-corrected chi connectivity index (χ1v) is 7.14. The van der Waals surface area contributed by atoms with Gasteiger partial charge in [-0.2, -0.15) is 0 Å². The van der Waals surface area contributed by atoms with Gasteiger partial charge >= 0.3 is 0 Å². The molecule has 0 saturated carbocycles. The smallest absolute Gasteiger partial charge is 0.0931 e. The third-order valence-electron chi connectivity index (χ3n) is 2.02. The van der Waals surface area contributed by atoms with E-state index in [4.69, 9.17) is 17.3 Å². The standard InChI is InChI=1S/C11H10ClNOS2/c12-11-5-4-9(15-11)7-16(14)10-3-1-2-8(13)6-10/h1-6H,7,13H2. The van der Waals surface area contributed by atoms with Crippen molar-refractivity contribution in [3.8, 4) is 0 Å². The zero-order valence-electron chi connectivity index (χ0n) is 8.35. The Hall–Kier alpha value is -0.840. The van der Waals surface area contributed by atoms with Gasteiger partial charge in [-0.1, -0.05) is 17.7 Å². The summed E-state index contributed by atoms with van der Waals surface area (Å²) in [5, 5.41) is 0. The maximum Gasteiger partial charge on any atom is 0.0931 e. The minimum absolute atomic E-state index is 0.487. The average molecular weight is 272 g/mol. The van der Waals surface area contributed by atoms with Gasteiger partial charge in [0, 0.05) is 15.5 Å². The summed E-state index contributed by atoms with van der Waals surface area (Å²) in [7, 11) is -1.06. The Bertz CT molecular complexity index is 524. The van der Waals surface area contributed by atoms with Gasteiger partial charge in [0.1, 0.15) is 0 Å². The van der Waals surface area contributed by atoms with Crippen molar-refractivity contribution in [3.05, 3.63) is 45.6 Å². The summed E-state index contributed by atoms with van der Waals surface area (Å²) in [4.78, 5) is 1.77. The fourth-order valence-corrected chi connectivity index (χ4v) is 3.76. The van der Waals surface area contributed by atoms with Crippen molar-refractivity contribution in [2.75, 3.05) is 5.73 Å². The summed E-state index contributed by atoms with van der Waals surface area (Å²) >= 11 is 7.27. The summed E-state index contributed by atoms with van der Waals surface area (Å²) in [5.74, 6) is 0.487. The molecule has 0 saturated heterocycles. The van der Waals surface area contributed by atoms with Crippen molar-refractivity contribution >= 4 is 39.4 Å². The second-order valence-electron chi connectivity index (χ2n) is 3.27. The summed E-state index contributed by atoms with van der Waals surface area (Å²) in [5.41, 5.74) is 6.28. The summed E-state index contributed by atoms with van der Waals surface area (Å²) in [6.07, 6.45) is 0.